The first-order valence-corrected chi connectivity index (χ1v) is 9.61. The van der Waals surface area contributed by atoms with E-state index in [0.717, 1.165) is 23.7 Å². The number of hydrogen-bond donors (Lipinski definition) is 0. The van der Waals surface area contributed by atoms with Gasteiger partial charge in [-0.25, -0.2) is 4.39 Å². The molecule has 1 aliphatic rings. The molecule has 4 rings (SSSR count). The van der Waals surface area contributed by atoms with E-state index in [0.29, 0.717) is 26.2 Å². The van der Waals surface area contributed by atoms with Gasteiger partial charge in [-0.2, -0.15) is 4.52 Å². The number of benzene rings is 1. The Kier molecular flexibility index (Phi) is 5.13. The summed E-state index contributed by atoms with van der Waals surface area (Å²) in [6.45, 7) is 4.41. The zero-order valence-electron chi connectivity index (χ0n) is 15.5. The summed E-state index contributed by atoms with van der Waals surface area (Å²) in [7, 11) is 0. The zero-order chi connectivity index (χ0) is 19.7. The second kappa shape index (κ2) is 7.71. The van der Waals surface area contributed by atoms with Crippen LogP contribution in [0.15, 0.2) is 30.3 Å². The van der Waals surface area contributed by atoms with E-state index in [4.69, 9.17) is 11.6 Å². The third-order valence-corrected chi connectivity index (χ3v) is 5.33. The van der Waals surface area contributed by atoms with Crippen LogP contribution in [0.5, 0.6) is 0 Å². The standard InChI is InChI=1S/C19H20ClFN6O/c1-2-16-22-23-17-6-7-18(24-27(16)17)25-8-10-26(11-9-25)19(28)12-13-14(20)4-3-5-15(13)21/h3-7H,2,8-12H2,1H3. The average molecular weight is 403 g/mol. The first kappa shape index (κ1) is 18.6. The van der Waals surface area contributed by atoms with Crippen LogP contribution in [0.3, 0.4) is 0 Å². The second-order valence-electron chi connectivity index (χ2n) is 6.68. The Bertz CT molecular complexity index is 995. The van der Waals surface area contributed by atoms with Gasteiger partial charge in [-0.15, -0.1) is 15.3 Å². The Labute approximate surface area is 166 Å². The number of halogens is 2. The lowest BCUT2D eigenvalue weighted by atomic mass is 10.1. The van der Waals surface area contributed by atoms with Gasteiger partial charge in [0.05, 0.1) is 6.42 Å². The van der Waals surface area contributed by atoms with Gasteiger partial charge >= 0.3 is 0 Å². The minimum Gasteiger partial charge on any atom is -0.352 e. The van der Waals surface area contributed by atoms with Crippen molar-refractivity contribution in [3.05, 3.63) is 52.6 Å². The highest BCUT2D eigenvalue weighted by molar-refractivity contribution is 6.31. The fraction of sp³-hybridized carbons (Fsp3) is 0.368. The molecule has 0 radical (unpaired) electrons. The molecule has 1 aliphatic heterocycles. The first-order valence-electron chi connectivity index (χ1n) is 9.23. The molecule has 2 aromatic heterocycles. The number of amides is 1. The predicted octanol–water partition coefficient (Wildman–Crippen LogP) is 2.37. The minimum absolute atomic E-state index is 0.0315. The highest BCUT2D eigenvalue weighted by Crippen LogP contribution is 2.21. The molecular formula is C19H20ClFN6O. The van der Waals surface area contributed by atoms with Gasteiger partial charge < -0.3 is 9.80 Å². The molecule has 0 aliphatic carbocycles. The van der Waals surface area contributed by atoms with Crippen LogP contribution < -0.4 is 4.90 Å². The van der Waals surface area contributed by atoms with E-state index < -0.39 is 5.82 Å². The quantitative estimate of drug-likeness (QED) is 0.670. The van der Waals surface area contributed by atoms with Gasteiger partial charge in [0.15, 0.2) is 11.5 Å². The molecule has 1 fully saturated rings. The Balaban J connectivity index is 1.42. The molecule has 3 aromatic rings. The molecule has 146 valence electrons. The van der Waals surface area contributed by atoms with Crippen molar-refractivity contribution < 1.29 is 9.18 Å². The molecule has 28 heavy (non-hydrogen) atoms. The number of piperazine rings is 1. The molecule has 1 aromatic carbocycles. The maximum atomic E-state index is 13.9. The number of anilines is 1. The van der Waals surface area contributed by atoms with E-state index in [2.05, 4.69) is 20.2 Å². The Morgan fingerprint density at radius 2 is 1.93 bits per heavy atom. The van der Waals surface area contributed by atoms with Crippen LogP contribution in [0.4, 0.5) is 10.2 Å². The molecule has 9 heteroatoms. The van der Waals surface area contributed by atoms with Crippen LogP contribution in [0.2, 0.25) is 5.02 Å². The molecule has 3 heterocycles. The van der Waals surface area contributed by atoms with Gasteiger partial charge in [-0.1, -0.05) is 24.6 Å². The number of hydrogen-bond acceptors (Lipinski definition) is 5. The number of carbonyl (C=O) groups excluding carboxylic acids is 1. The topological polar surface area (TPSA) is 66.6 Å². The Morgan fingerprint density at radius 1 is 1.14 bits per heavy atom. The van der Waals surface area contributed by atoms with Crippen molar-refractivity contribution >= 4 is 29.0 Å². The summed E-state index contributed by atoms with van der Waals surface area (Å²) in [6.07, 6.45) is 0.717. The first-order chi connectivity index (χ1) is 13.6. The molecule has 1 amide bonds. The van der Waals surface area contributed by atoms with E-state index in [1.165, 1.54) is 12.1 Å². The number of nitrogens with zero attached hydrogens (tertiary/aromatic N) is 6. The van der Waals surface area contributed by atoms with Crippen molar-refractivity contribution in [2.24, 2.45) is 0 Å². The van der Waals surface area contributed by atoms with Gasteiger partial charge in [0.2, 0.25) is 5.91 Å². The Morgan fingerprint density at radius 3 is 2.64 bits per heavy atom. The second-order valence-corrected chi connectivity index (χ2v) is 7.08. The van der Waals surface area contributed by atoms with Crippen LogP contribution in [-0.2, 0) is 17.6 Å². The highest BCUT2D eigenvalue weighted by Gasteiger charge is 2.24. The number of fused-ring (bicyclic) bond motifs is 1. The largest absolute Gasteiger partial charge is 0.352 e. The van der Waals surface area contributed by atoms with E-state index >= 15 is 0 Å². The lowest BCUT2D eigenvalue weighted by Gasteiger charge is -2.35. The molecule has 1 saturated heterocycles. The lowest BCUT2D eigenvalue weighted by molar-refractivity contribution is -0.130. The van der Waals surface area contributed by atoms with Crippen molar-refractivity contribution in [1.29, 1.82) is 0 Å². The van der Waals surface area contributed by atoms with E-state index in [1.807, 2.05) is 19.1 Å². The molecule has 0 bridgehead atoms. The molecule has 0 saturated carbocycles. The lowest BCUT2D eigenvalue weighted by Crippen LogP contribution is -2.49. The van der Waals surface area contributed by atoms with Crippen LogP contribution in [-0.4, -0.2) is 56.8 Å². The summed E-state index contributed by atoms with van der Waals surface area (Å²) in [6, 6.07) is 8.27. The fourth-order valence-electron chi connectivity index (χ4n) is 3.36. The predicted molar refractivity (Wildman–Crippen MR) is 104 cm³/mol. The summed E-state index contributed by atoms with van der Waals surface area (Å²) >= 11 is 6.04. The number of aromatic nitrogens is 4. The van der Waals surface area contributed by atoms with Crippen LogP contribution in [0, 0.1) is 5.82 Å². The third kappa shape index (κ3) is 3.52. The smallest absolute Gasteiger partial charge is 0.227 e. The summed E-state index contributed by atoms with van der Waals surface area (Å²) in [4.78, 5) is 16.5. The van der Waals surface area contributed by atoms with Crippen LogP contribution in [0.25, 0.3) is 5.65 Å². The normalized spacial score (nSPS) is 14.7. The minimum atomic E-state index is -0.447. The van der Waals surface area contributed by atoms with Gasteiger partial charge in [0.25, 0.3) is 0 Å². The van der Waals surface area contributed by atoms with Crippen molar-refractivity contribution in [2.45, 2.75) is 19.8 Å². The van der Waals surface area contributed by atoms with Crippen molar-refractivity contribution in [1.82, 2.24) is 24.7 Å². The van der Waals surface area contributed by atoms with Gasteiger partial charge in [0.1, 0.15) is 11.6 Å². The maximum Gasteiger partial charge on any atom is 0.227 e. The van der Waals surface area contributed by atoms with Crippen molar-refractivity contribution in [3.63, 3.8) is 0 Å². The summed E-state index contributed by atoms with van der Waals surface area (Å²) < 4.78 is 15.7. The molecule has 0 unspecified atom stereocenters. The third-order valence-electron chi connectivity index (χ3n) is 4.98. The highest BCUT2D eigenvalue weighted by atomic mass is 35.5. The Hall–Kier alpha value is -2.74. The number of carbonyl (C=O) groups is 1. The SMILES string of the molecule is CCc1nnc2ccc(N3CCN(C(=O)Cc4c(F)cccc4Cl)CC3)nn12. The summed E-state index contributed by atoms with van der Waals surface area (Å²) in [5.41, 5.74) is 0.972. The van der Waals surface area contributed by atoms with Gasteiger partial charge in [0, 0.05) is 43.2 Å². The van der Waals surface area contributed by atoms with Gasteiger partial charge in [-0.3, -0.25) is 4.79 Å². The van der Waals surface area contributed by atoms with Crippen LogP contribution in [0.1, 0.15) is 18.3 Å². The average Bonchev–Trinajstić information content (AvgIpc) is 3.13. The van der Waals surface area contributed by atoms with E-state index in [-0.39, 0.29) is 22.9 Å². The molecule has 0 atom stereocenters. The number of rotatable bonds is 4. The van der Waals surface area contributed by atoms with Crippen LogP contribution >= 0.6 is 11.6 Å². The molecular weight excluding hydrogens is 383 g/mol. The van der Waals surface area contributed by atoms with Gasteiger partial charge in [-0.05, 0) is 24.3 Å². The summed E-state index contributed by atoms with van der Waals surface area (Å²) in [5, 5.41) is 13.1. The van der Waals surface area contributed by atoms with E-state index in [9.17, 15) is 9.18 Å². The molecule has 7 nitrogen and oxygen atoms in total. The monoisotopic (exact) mass is 402 g/mol. The fourth-order valence-corrected chi connectivity index (χ4v) is 3.59. The zero-order valence-corrected chi connectivity index (χ0v) is 16.2. The van der Waals surface area contributed by atoms with E-state index in [1.54, 1.807) is 15.5 Å². The summed E-state index contributed by atoms with van der Waals surface area (Å²) in [5.74, 6) is 1.07. The molecule has 0 N–H and O–H groups in total. The van der Waals surface area contributed by atoms with Crippen molar-refractivity contribution in [3.8, 4) is 0 Å². The number of aryl methyl sites for hydroxylation is 1. The van der Waals surface area contributed by atoms with Crippen molar-refractivity contribution in [2.75, 3.05) is 31.1 Å². The molecule has 0 spiro atoms. The maximum absolute atomic E-state index is 13.9.